The van der Waals surface area contributed by atoms with E-state index in [1.165, 1.54) is 0 Å². The van der Waals surface area contributed by atoms with E-state index in [0.717, 1.165) is 0 Å². The van der Waals surface area contributed by atoms with Crippen LogP contribution in [0.2, 0.25) is 5.02 Å². The summed E-state index contributed by atoms with van der Waals surface area (Å²) in [5.41, 5.74) is 6.37. The molecule has 0 atom stereocenters. The molecule has 7 heteroatoms. The molecule has 2 aromatic rings. The molecule has 1 aromatic carbocycles. The molecule has 6 radical (unpaired) electrons. The van der Waals surface area contributed by atoms with Gasteiger partial charge in [0.1, 0.15) is 29.1 Å². The molecule has 0 spiro atoms. The second kappa shape index (κ2) is 4.46. The van der Waals surface area contributed by atoms with Gasteiger partial charge in [-0.05, 0) is 25.3 Å². The van der Waals surface area contributed by atoms with Gasteiger partial charge in [-0.1, -0.05) is 28.0 Å². The molecule has 0 aliphatic carbocycles. The second-order valence-electron chi connectivity index (χ2n) is 4.93. The maximum absolute atomic E-state index is 10.1. The van der Waals surface area contributed by atoms with Crippen molar-refractivity contribution in [1.29, 1.82) is 0 Å². The second-order valence-corrected chi connectivity index (χ2v) is 5.31. The number of rotatable bonds is 1. The minimum atomic E-state index is -1.23. The van der Waals surface area contributed by atoms with Gasteiger partial charge in [-0.25, -0.2) is 4.98 Å². The van der Waals surface area contributed by atoms with E-state index in [2.05, 4.69) is 4.98 Å². The average molecular weight is 266 g/mol. The number of nitrogens with zero attached hydrogens (tertiary/aromatic N) is 1. The predicted octanol–water partition coefficient (Wildman–Crippen LogP) is -0.921. The number of hydrogen-bond donors (Lipinski definition) is 2. The molecule has 0 unspecified atom stereocenters. The first-order valence-corrected chi connectivity index (χ1v) is 5.97. The first-order valence-electron chi connectivity index (χ1n) is 5.59. The smallest absolute Gasteiger partial charge is 0.117 e. The summed E-state index contributed by atoms with van der Waals surface area (Å²) in [7, 11) is 17.6. The topological polar surface area (TPSA) is 59.1 Å². The molecule has 0 fully saturated rings. The van der Waals surface area contributed by atoms with E-state index in [1.807, 2.05) is 0 Å². The summed E-state index contributed by atoms with van der Waals surface area (Å²) in [5, 5.41) is 10.7. The zero-order valence-corrected chi connectivity index (χ0v) is 11.4. The molecule has 0 amide bonds. The first-order chi connectivity index (χ1) is 8.64. The van der Waals surface area contributed by atoms with E-state index < -0.39 is 5.60 Å². The molecule has 0 saturated heterocycles. The van der Waals surface area contributed by atoms with Crippen molar-refractivity contribution in [2.75, 3.05) is 5.73 Å². The van der Waals surface area contributed by atoms with Crippen LogP contribution in [0.5, 0.6) is 0 Å². The third-order valence-corrected chi connectivity index (χ3v) is 3.36. The van der Waals surface area contributed by atoms with Gasteiger partial charge < -0.3 is 10.8 Å². The minimum absolute atomic E-state index is 0.188. The fourth-order valence-electron chi connectivity index (χ4n) is 1.97. The van der Waals surface area contributed by atoms with Crippen LogP contribution < -0.4 is 22.1 Å². The first kappa shape index (κ1) is 14.3. The lowest BCUT2D eigenvalue weighted by atomic mass is 9.77. The number of anilines is 1. The molecule has 0 bridgehead atoms. The van der Waals surface area contributed by atoms with Crippen LogP contribution in [0.1, 0.15) is 19.5 Å². The zero-order chi connectivity index (χ0) is 14.5. The van der Waals surface area contributed by atoms with Crippen molar-refractivity contribution in [3.8, 4) is 0 Å². The zero-order valence-electron chi connectivity index (χ0n) is 10.7. The molecule has 1 heterocycles. The van der Waals surface area contributed by atoms with Gasteiger partial charge in [0.2, 0.25) is 0 Å². The number of pyridine rings is 1. The molecule has 19 heavy (non-hydrogen) atoms. The third kappa shape index (κ3) is 2.23. The highest BCUT2D eigenvalue weighted by Gasteiger charge is 2.24. The lowest BCUT2D eigenvalue weighted by Gasteiger charge is -2.22. The molecule has 0 aliphatic rings. The molecule has 3 N–H and O–H groups in total. The van der Waals surface area contributed by atoms with E-state index in [-0.39, 0.29) is 27.3 Å². The molecule has 0 saturated carbocycles. The normalized spacial score (nSPS) is 12.0. The number of aliphatic hydroxyl groups is 1. The van der Waals surface area contributed by atoms with Crippen LogP contribution in [0.15, 0.2) is 6.07 Å². The van der Waals surface area contributed by atoms with Crippen molar-refractivity contribution in [2.45, 2.75) is 19.4 Å². The van der Waals surface area contributed by atoms with E-state index >= 15 is 0 Å². The van der Waals surface area contributed by atoms with Crippen LogP contribution in [0.25, 0.3) is 10.9 Å². The summed E-state index contributed by atoms with van der Waals surface area (Å²) in [5.74, 6) is 0. The number of fused-ring (bicyclic) bond motifs is 1. The van der Waals surface area contributed by atoms with Crippen LogP contribution in [0, 0.1) is 0 Å². The Morgan fingerprint density at radius 1 is 1.26 bits per heavy atom. The minimum Gasteiger partial charge on any atom is -0.398 e. The Morgan fingerprint density at radius 2 is 1.84 bits per heavy atom. The summed E-state index contributed by atoms with van der Waals surface area (Å²) < 4.78 is 0. The third-order valence-electron chi connectivity index (χ3n) is 2.93. The van der Waals surface area contributed by atoms with E-state index in [9.17, 15) is 5.11 Å². The highest BCUT2D eigenvalue weighted by Crippen LogP contribution is 2.25. The highest BCUT2D eigenvalue weighted by atomic mass is 35.5. The summed E-state index contributed by atoms with van der Waals surface area (Å²) in [6.45, 7) is 3.14. The number of halogens is 1. The van der Waals surface area contributed by atoms with Gasteiger partial charge in [0, 0.05) is 10.7 Å². The van der Waals surface area contributed by atoms with Crippen molar-refractivity contribution in [3.63, 3.8) is 0 Å². The van der Waals surface area contributed by atoms with Gasteiger partial charge >= 0.3 is 0 Å². The van der Waals surface area contributed by atoms with Crippen molar-refractivity contribution in [1.82, 2.24) is 4.98 Å². The van der Waals surface area contributed by atoms with Gasteiger partial charge in [-0.2, -0.15) is 0 Å². The van der Waals surface area contributed by atoms with E-state index in [0.29, 0.717) is 16.4 Å². The maximum Gasteiger partial charge on any atom is 0.117 e. The quantitative estimate of drug-likeness (QED) is 0.656. The summed E-state index contributed by atoms with van der Waals surface area (Å²) in [6, 6.07) is 1.55. The van der Waals surface area contributed by atoms with E-state index in [1.54, 1.807) is 19.9 Å². The summed E-state index contributed by atoms with van der Waals surface area (Å²) in [6.07, 6.45) is 0. The standard InChI is InChI=1S/C12H10B3ClN2O/c1-12(2,19)11-10(17)8(15)6-5(18-11)3-4(13)9(16)7(6)14/h3,19H,17H2,1-2H3. The number of aromatic nitrogens is 1. The summed E-state index contributed by atoms with van der Waals surface area (Å²) in [4.78, 5) is 4.30. The molecular formula is C12H10B3ClN2O. The Kier molecular flexibility index (Phi) is 3.35. The van der Waals surface area contributed by atoms with Gasteiger partial charge in [-0.3, -0.25) is 0 Å². The van der Waals surface area contributed by atoms with Crippen molar-refractivity contribution in [3.05, 3.63) is 16.8 Å². The van der Waals surface area contributed by atoms with Gasteiger partial charge in [0.15, 0.2) is 0 Å². The average Bonchev–Trinajstić information content (AvgIpc) is 2.29. The summed E-state index contributed by atoms with van der Waals surface area (Å²) >= 11 is 5.99. The van der Waals surface area contributed by atoms with Gasteiger partial charge in [-0.15, -0.1) is 0 Å². The van der Waals surface area contributed by atoms with Gasteiger partial charge in [0.05, 0.1) is 11.2 Å². The lowest BCUT2D eigenvalue weighted by molar-refractivity contribution is 0.0751. The van der Waals surface area contributed by atoms with Crippen LogP contribution in [0.3, 0.4) is 0 Å². The van der Waals surface area contributed by atoms with Crippen molar-refractivity contribution in [2.24, 2.45) is 0 Å². The predicted molar refractivity (Wildman–Crippen MR) is 82.6 cm³/mol. The van der Waals surface area contributed by atoms with Crippen LogP contribution in [-0.4, -0.2) is 33.6 Å². The molecule has 0 aliphatic heterocycles. The highest BCUT2D eigenvalue weighted by molar-refractivity contribution is 6.58. The monoisotopic (exact) mass is 266 g/mol. The maximum atomic E-state index is 10.1. The van der Waals surface area contributed by atoms with Gasteiger partial charge in [0.25, 0.3) is 0 Å². The Hall–Kier alpha value is -1.13. The fraction of sp³-hybridized carbons (Fsp3) is 0.250. The van der Waals surface area contributed by atoms with Crippen molar-refractivity contribution < 1.29 is 5.11 Å². The largest absolute Gasteiger partial charge is 0.398 e. The Balaban J connectivity index is 2.97. The molecule has 90 valence electrons. The Labute approximate surface area is 120 Å². The molecule has 3 nitrogen and oxygen atoms in total. The van der Waals surface area contributed by atoms with E-state index in [4.69, 9.17) is 40.9 Å². The molecule has 2 rings (SSSR count). The molecular weight excluding hydrogens is 256 g/mol. The molecule has 1 aromatic heterocycles. The van der Waals surface area contributed by atoms with Crippen LogP contribution in [0.4, 0.5) is 5.69 Å². The SMILES string of the molecule is [B]c1cc2nc(C(C)(C)O)c(N)c([B])c2c([B])c1Cl. The van der Waals surface area contributed by atoms with Crippen LogP contribution >= 0.6 is 11.6 Å². The van der Waals surface area contributed by atoms with Crippen molar-refractivity contribution >= 4 is 68.1 Å². The van der Waals surface area contributed by atoms with Crippen LogP contribution in [-0.2, 0) is 5.60 Å². The number of benzene rings is 1. The Morgan fingerprint density at radius 3 is 2.37 bits per heavy atom. The number of nitrogens with two attached hydrogens (primary N) is 1. The number of nitrogen functional groups attached to an aromatic ring is 1. The lowest BCUT2D eigenvalue weighted by Crippen LogP contribution is -2.30. The fourth-order valence-corrected chi connectivity index (χ4v) is 2.12. The number of hydrogen-bond acceptors (Lipinski definition) is 3. The Bertz CT molecular complexity index is 683.